The van der Waals surface area contributed by atoms with E-state index in [0.717, 1.165) is 12.0 Å². The first-order chi connectivity index (χ1) is 18.4. The second kappa shape index (κ2) is 16.5. The number of carbonyl (C=O) groups excluding carboxylic acids is 4. The molecule has 0 saturated carbocycles. The van der Waals surface area contributed by atoms with Crippen molar-refractivity contribution in [2.45, 2.75) is 40.2 Å². The minimum absolute atomic E-state index is 0.0103. The smallest absolute Gasteiger partial charge is 0.243 e. The van der Waals surface area contributed by atoms with Crippen LogP contribution in [0, 0.1) is 34.8 Å². The average Bonchev–Trinajstić information content (AvgIpc) is 3.31. The zero-order valence-corrected chi connectivity index (χ0v) is 22.8. The van der Waals surface area contributed by atoms with Crippen LogP contribution in [0.25, 0.3) is 0 Å². The summed E-state index contributed by atoms with van der Waals surface area (Å²) in [6, 6.07) is 13.4. The Morgan fingerprint density at radius 2 is 1.74 bits per heavy atom. The summed E-state index contributed by atoms with van der Waals surface area (Å²) >= 11 is 0. The number of anilines is 2. The average molecular weight is 544 g/mol. The Morgan fingerprint density at radius 1 is 1.13 bits per heavy atom. The zero-order valence-electron chi connectivity index (χ0n) is 22.8. The van der Waals surface area contributed by atoms with E-state index in [1.807, 2.05) is 18.2 Å². The molecule has 3 rings (SSSR count). The van der Waals surface area contributed by atoms with Crippen molar-refractivity contribution in [3.8, 4) is 6.07 Å². The first-order valence-corrected chi connectivity index (χ1v) is 12.3. The molecule has 2 atom stereocenters. The molecule has 1 saturated heterocycles. The molecule has 11 heteroatoms. The molecule has 1 aliphatic heterocycles. The van der Waals surface area contributed by atoms with Crippen molar-refractivity contribution in [2.75, 3.05) is 30.8 Å². The number of carbonyl (C=O) groups is 4. The van der Waals surface area contributed by atoms with Gasteiger partial charge in [-0.3, -0.25) is 19.2 Å². The molecule has 0 aromatic heterocycles. The minimum atomic E-state index is -0.773. The number of halogens is 2. The largest absolute Gasteiger partial charge is 0.339 e. The maximum absolute atomic E-state index is 12.8. The van der Waals surface area contributed by atoms with E-state index in [2.05, 4.69) is 37.5 Å². The van der Waals surface area contributed by atoms with Crippen molar-refractivity contribution in [3.63, 3.8) is 0 Å². The van der Waals surface area contributed by atoms with Crippen molar-refractivity contribution < 1.29 is 28.0 Å². The molecule has 0 bridgehead atoms. The number of hydrogen-bond acceptors (Lipinski definition) is 5. The summed E-state index contributed by atoms with van der Waals surface area (Å²) in [4.78, 5) is 48.1. The molecule has 2 aromatic rings. The highest BCUT2D eigenvalue weighted by Crippen LogP contribution is 2.24. The molecule has 9 nitrogen and oxygen atoms in total. The molecule has 210 valence electrons. The lowest BCUT2D eigenvalue weighted by Crippen LogP contribution is -2.41. The van der Waals surface area contributed by atoms with Gasteiger partial charge in [-0.25, -0.2) is 8.78 Å². The van der Waals surface area contributed by atoms with Gasteiger partial charge in [0.05, 0.1) is 24.2 Å². The number of benzene rings is 2. The molecular formula is C28H35F2N5O4. The highest BCUT2D eigenvalue weighted by Gasteiger charge is 2.38. The fourth-order valence-electron chi connectivity index (χ4n) is 3.31. The van der Waals surface area contributed by atoms with Gasteiger partial charge in [0.25, 0.3) is 0 Å². The Kier molecular flexibility index (Phi) is 13.8. The molecule has 2 unspecified atom stereocenters. The molecule has 0 radical (unpaired) electrons. The first-order valence-electron chi connectivity index (χ1n) is 12.3. The van der Waals surface area contributed by atoms with Gasteiger partial charge >= 0.3 is 0 Å². The molecule has 4 amide bonds. The maximum atomic E-state index is 12.8. The van der Waals surface area contributed by atoms with Crippen LogP contribution in [-0.2, 0) is 19.2 Å². The quantitative estimate of drug-likeness (QED) is 0.533. The highest BCUT2D eigenvalue weighted by molar-refractivity contribution is 5.94. The van der Waals surface area contributed by atoms with Gasteiger partial charge in [-0.2, -0.15) is 5.26 Å². The summed E-state index contributed by atoms with van der Waals surface area (Å²) in [5, 5.41) is 14.2. The minimum Gasteiger partial charge on any atom is -0.339 e. The molecule has 2 N–H and O–H groups in total. The number of rotatable bonds is 6. The van der Waals surface area contributed by atoms with Gasteiger partial charge < -0.3 is 20.4 Å². The van der Waals surface area contributed by atoms with Crippen molar-refractivity contribution in [1.29, 1.82) is 5.26 Å². The number of amides is 4. The SMILES string of the molecule is CC(=O)Nc1ccc(F)cc1F.CC(C)C.CN(C=O)CC(=O)N1CC(C(=O)Nc2ccccc2)CC1C#N. The fourth-order valence-corrected chi connectivity index (χ4v) is 3.31. The summed E-state index contributed by atoms with van der Waals surface area (Å²) in [6.45, 7) is 7.83. The Morgan fingerprint density at radius 3 is 2.26 bits per heavy atom. The molecular weight excluding hydrogens is 508 g/mol. The predicted octanol–water partition coefficient (Wildman–Crippen LogP) is 4.04. The number of likely N-dealkylation sites (N-methyl/N-ethyl adjacent to an activating group) is 1. The Hall–Kier alpha value is -4.33. The molecule has 39 heavy (non-hydrogen) atoms. The number of nitrogens with zero attached hydrogens (tertiary/aromatic N) is 3. The van der Waals surface area contributed by atoms with Crippen LogP contribution in [0.4, 0.5) is 20.2 Å². The van der Waals surface area contributed by atoms with Crippen LogP contribution in [0.2, 0.25) is 0 Å². The van der Waals surface area contributed by atoms with Crippen LogP contribution in [0.1, 0.15) is 34.1 Å². The van der Waals surface area contributed by atoms with Gasteiger partial charge in [0.1, 0.15) is 17.7 Å². The number of nitriles is 1. The van der Waals surface area contributed by atoms with Gasteiger partial charge in [-0.15, -0.1) is 0 Å². The van der Waals surface area contributed by atoms with Crippen LogP contribution in [0.15, 0.2) is 48.5 Å². The van der Waals surface area contributed by atoms with Gasteiger partial charge in [0.2, 0.25) is 24.1 Å². The Labute approximate surface area is 227 Å². The summed E-state index contributed by atoms with van der Waals surface area (Å²) in [5.41, 5.74) is 0.667. The van der Waals surface area contributed by atoms with E-state index in [1.165, 1.54) is 29.8 Å². The second-order valence-electron chi connectivity index (χ2n) is 9.54. The molecule has 1 fully saturated rings. The van der Waals surface area contributed by atoms with Gasteiger partial charge in [0.15, 0.2) is 0 Å². The third-order valence-electron chi connectivity index (χ3n) is 4.99. The topological polar surface area (TPSA) is 123 Å². The standard InChI is InChI=1S/C16H18N4O3.C8H7F2NO.C4H10/c1-19(11-21)10-15(22)20-9-12(7-14(20)8-17)16(23)18-13-5-3-2-4-6-13;1-5(12)11-8-3-2-6(9)4-7(8)10;1-4(2)3/h2-6,11-12,14H,7,9-10H2,1H3,(H,18,23);2-4H,1H3,(H,11,12);4H,1-3H3. The molecule has 0 aliphatic carbocycles. The summed E-state index contributed by atoms with van der Waals surface area (Å²) in [6.07, 6.45) is 0.848. The Balaban J connectivity index is 0.000000396. The fraction of sp³-hybridized carbons (Fsp3) is 0.393. The van der Waals surface area contributed by atoms with E-state index in [1.54, 1.807) is 12.1 Å². The van der Waals surface area contributed by atoms with Crippen LogP contribution < -0.4 is 10.6 Å². The second-order valence-corrected chi connectivity index (χ2v) is 9.54. The van der Waals surface area contributed by atoms with Crippen molar-refractivity contribution in [3.05, 3.63) is 60.2 Å². The monoisotopic (exact) mass is 543 g/mol. The Bertz CT molecular complexity index is 1150. The van der Waals surface area contributed by atoms with Crippen LogP contribution in [0.3, 0.4) is 0 Å². The van der Waals surface area contributed by atoms with E-state index < -0.39 is 23.6 Å². The predicted molar refractivity (Wildman–Crippen MR) is 144 cm³/mol. The molecule has 1 aliphatic rings. The summed E-state index contributed by atoms with van der Waals surface area (Å²) in [7, 11) is 1.49. The van der Waals surface area contributed by atoms with E-state index in [9.17, 15) is 33.2 Å². The maximum Gasteiger partial charge on any atom is 0.243 e. The number of likely N-dealkylation sites (tertiary alicyclic amines) is 1. The zero-order chi connectivity index (χ0) is 29.5. The van der Waals surface area contributed by atoms with E-state index in [-0.39, 0.29) is 36.5 Å². The van der Waals surface area contributed by atoms with Crippen LogP contribution in [0.5, 0.6) is 0 Å². The molecule has 1 heterocycles. The van der Waals surface area contributed by atoms with Crippen LogP contribution in [-0.4, -0.2) is 60.1 Å². The number of nitrogens with one attached hydrogen (secondary N) is 2. The third kappa shape index (κ3) is 12.2. The molecule has 0 spiro atoms. The lowest BCUT2D eigenvalue weighted by atomic mass is 10.1. The van der Waals surface area contributed by atoms with Gasteiger partial charge in [-0.1, -0.05) is 39.0 Å². The number of hydrogen-bond donors (Lipinski definition) is 2. The highest BCUT2D eigenvalue weighted by atomic mass is 19.1. The van der Waals surface area contributed by atoms with Crippen LogP contribution >= 0.6 is 0 Å². The van der Waals surface area contributed by atoms with E-state index >= 15 is 0 Å². The normalized spacial score (nSPS) is 15.5. The van der Waals surface area contributed by atoms with E-state index in [4.69, 9.17) is 0 Å². The third-order valence-corrected chi connectivity index (χ3v) is 4.99. The lowest BCUT2D eigenvalue weighted by Gasteiger charge is -2.21. The van der Waals surface area contributed by atoms with Crippen molar-refractivity contribution >= 4 is 35.5 Å². The van der Waals surface area contributed by atoms with Gasteiger partial charge in [-0.05, 0) is 36.6 Å². The van der Waals surface area contributed by atoms with Crippen molar-refractivity contribution in [1.82, 2.24) is 9.80 Å². The summed E-state index contributed by atoms with van der Waals surface area (Å²) < 4.78 is 25.1. The lowest BCUT2D eigenvalue weighted by molar-refractivity contribution is -0.135. The van der Waals surface area contributed by atoms with Crippen molar-refractivity contribution in [2.24, 2.45) is 11.8 Å². The van der Waals surface area contributed by atoms with E-state index in [0.29, 0.717) is 24.6 Å². The summed E-state index contributed by atoms with van der Waals surface area (Å²) in [5.74, 6) is -1.98. The van der Waals surface area contributed by atoms with Gasteiger partial charge in [0, 0.05) is 32.3 Å². The first kappa shape index (κ1) is 32.7. The molecule has 2 aromatic carbocycles. The number of para-hydroxylation sites is 1.